The van der Waals surface area contributed by atoms with Crippen LogP contribution in [-0.4, -0.2) is 29.1 Å². The number of rotatable bonds is 4. The number of piperidine rings is 1. The van der Waals surface area contributed by atoms with Crippen LogP contribution in [0.5, 0.6) is 0 Å². The van der Waals surface area contributed by atoms with E-state index in [1.807, 2.05) is 24.3 Å². The molecule has 1 atom stereocenters. The fourth-order valence-electron chi connectivity index (χ4n) is 2.84. The quantitative estimate of drug-likeness (QED) is 0.915. The van der Waals surface area contributed by atoms with Crippen LogP contribution >= 0.6 is 0 Å². The Balaban J connectivity index is 1.92. The van der Waals surface area contributed by atoms with Crippen molar-refractivity contribution in [3.8, 4) is 6.07 Å². The molecule has 1 aromatic carbocycles. The number of benzene rings is 1. The lowest BCUT2D eigenvalue weighted by molar-refractivity contribution is -0.138. The maximum atomic E-state index is 10.7. The summed E-state index contributed by atoms with van der Waals surface area (Å²) in [5.41, 5.74) is 1.89. The van der Waals surface area contributed by atoms with Crippen molar-refractivity contribution in [3.63, 3.8) is 0 Å². The molecule has 0 amide bonds. The number of nitrogens with zero attached hydrogens (tertiary/aromatic N) is 2. The predicted molar refractivity (Wildman–Crippen MR) is 76.1 cm³/mol. The second-order valence-corrected chi connectivity index (χ2v) is 5.49. The minimum atomic E-state index is -0.691. The van der Waals surface area contributed by atoms with Crippen LogP contribution in [0.1, 0.15) is 43.4 Å². The second kappa shape index (κ2) is 6.53. The van der Waals surface area contributed by atoms with Crippen molar-refractivity contribution in [2.45, 2.75) is 32.2 Å². The third-order valence-electron chi connectivity index (χ3n) is 4.18. The topological polar surface area (TPSA) is 64.3 Å². The summed E-state index contributed by atoms with van der Waals surface area (Å²) in [6.45, 7) is 4.05. The van der Waals surface area contributed by atoms with Gasteiger partial charge in [0.1, 0.15) is 0 Å². The van der Waals surface area contributed by atoms with E-state index in [0.717, 1.165) is 25.9 Å². The Morgan fingerprint density at radius 3 is 2.50 bits per heavy atom. The van der Waals surface area contributed by atoms with Crippen molar-refractivity contribution in [3.05, 3.63) is 35.4 Å². The van der Waals surface area contributed by atoms with Gasteiger partial charge in [0.25, 0.3) is 0 Å². The molecule has 1 aliphatic rings. The van der Waals surface area contributed by atoms with E-state index in [-0.39, 0.29) is 0 Å². The largest absolute Gasteiger partial charge is 0.481 e. The molecule has 1 saturated heterocycles. The summed E-state index contributed by atoms with van der Waals surface area (Å²) in [7, 11) is 0. The number of hydrogen-bond acceptors (Lipinski definition) is 3. The van der Waals surface area contributed by atoms with Crippen LogP contribution < -0.4 is 0 Å². The highest BCUT2D eigenvalue weighted by Gasteiger charge is 2.24. The zero-order valence-corrected chi connectivity index (χ0v) is 11.7. The normalized spacial score (nSPS) is 18.4. The van der Waals surface area contributed by atoms with Crippen LogP contribution in [0.4, 0.5) is 0 Å². The Hall–Kier alpha value is -1.86. The van der Waals surface area contributed by atoms with Crippen molar-refractivity contribution in [1.29, 1.82) is 5.26 Å². The Morgan fingerprint density at radius 1 is 1.40 bits per heavy atom. The highest BCUT2D eigenvalue weighted by atomic mass is 16.4. The number of carbonyl (C=O) groups is 1. The lowest BCUT2D eigenvalue weighted by atomic mass is 9.92. The lowest BCUT2D eigenvalue weighted by Gasteiger charge is -2.35. The summed E-state index contributed by atoms with van der Waals surface area (Å²) in [6.07, 6.45) is 2.19. The summed E-state index contributed by atoms with van der Waals surface area (Å²) in [6, 6.07) is 10.2. The number of hydrogen-bond donors (Lipinski definition) is 1. The van der Waals surface area contributed by atoms with Gasteiger partial charge in [-0.25, -0.2) is 0 Å². The first-order valence-electron chi connectivity index (χ1n) is 7.06. The Morgan fingerprint density at radius 2 is 2.00 bits per heavy atom. The number of nitriles is 1. The van der Waals surface area contributed by atoms with Crippen molar-refractivity contribution < 1.29 is 9.90 Å². The summed E-state index contributed by atoms with van der Waals surface area (Å²) in [4.78, 5) is 13.1. The van der Waals surface area contributed by atoms with Gasteiger partial charge in [0.2, 0.25) is 0 Å². The fourth-order valence-corrected chi connectivity index (χ4v) is 2.84. The second-order valence-electron chi connectivity index (χ2n) is 5.49. The maximum absolute atomic E-state index is 10.7. The molecule has 0 spiro atoms. The monoisotopic (exact) mass is 272 g/mol. The smallest absolute Gasteiger partial charge is 0.303 e. The van der Waals surface area contributed by atoms with Crippen LogP contribution in [0, 0.1) is 17.2 Å². The lowest BCUT2D eigenvalue weighted by Crippen LogP contribution is -2.36. The van der Waals surface area contributed by atoms with Gasteiger partial charge in [-0.15, -0.1) is 0 Å². The first-order chi connectivity index (χ1) is 9.60. The number of likely N-dealkylation sites (tertiary alicyclic amines) is 1. The molecule has 1 aliphatic heterocycles. The average Bonchev–Trinajstić information content (AvgIpc) is 2.47. The number of carboxylic acids is 1. The van der Waals surface area contributed by atoms with Gasteiger partial charge < -0.3 is 5.11 Å². The summed E-state index contributed by atoms with van der Waals surface area (Å²) >= 11 is 0. The van der Waals surface area contributed by atoms with Crippen molar-refractivity contribution in [2.24, 2.45) is 5.92 Å². The van der Waals surface area contributed by atoms with Crippen molar-refractivity contribution in [1.82, 2.24) is 4.90 Å². The van der Waals surface area contributed by atoms with E-state index in [2.05, 4.69) is 17.9 Å². The van der Waals surface area contributed by atoms with E-state index in [0.29, 0.717) is 23.9 Å². The Bertz CT molecular complexity index is 496. The molecule has 2 rings (SSSR count). The molecule has 1 unspecified atom stereocenters. The summed E-state index contributed by atoms with van der Waals surface area (Å²) < 4.78 is 0. The summed E-state index contributed by atoms with van der Waals surface area (Å²) in [5.74, 6) is -0.375. The zero-order chi connectivity index (χ0) is 14.5. The molecule has 4 heteroatoms. The zero-order valence-electron chi connectivity index (χ0n) is 11.7. The minimum Gasteiger partial charge on any atom is -0.481 e. The summed E-state index contributed by atoms with van der Waals surface area (Å²) in [5, 5.41) is 17.6. The van der Waals surface area contributed by atoms with Gasteiger partial charge in [-0.3, -0.25) is 9.69 Å². The highest BCUT2D eigenvalue weighted by molar-refractivity contribution is 5.67. The number of aliphatic carboxylic acids is 1. The van der Waals surface area contributed by atoms with Crippen LogP contribution in [0.3, 0.4) is 0 Å². The van der Waals surface area contributed by atoms with Gasteiger partial charge in [-0.2, -0.15) is 5.26 Å². The predicted octanol–water partition coefficient (Wildman–Crippen LogP) is 2.81. The third kappa shape index (κ3) is 3.58. The maximum Gasteiger partial charge on any atom is 0.303 e. The first-order valence-corrected chi connectivity index (χ1v) is 7.06. The molecule has 106 valence electrons. The van der Waals surface area contributed by atoms with Gasteiger partial charge in [-0.1, -0.05) is 12.1 Å². The fraction of sp³-hybridized carbons (Fsp3) is 0.500. The van der Waals surface area contributed by atoms with Gasteiger partial charge in [0, 0.05) is 12.5 Å². The van der Waals surface area contributed by atoms with Crippen molar-refractivity contribution >= 4 is 5.97 Å². The molecule has 4 nitrogen and oxygen atoms in total. The molecule has 20 heavy (non-hydrogen) atoms. The molecule has 1 N–H and O–H groups in total. The van der Waals surface area contributed by atoms with Crippen LogP contribution in [0.2, 0.25) is 0 Å². The molecule has 0 aliphatic carbocycles. The standard InChI is InChI=1S/C16H20N2O2/c1-12(15-4-2-14(11-17)3-5-15)18-8-6-13(7-9-18)10-16(19)20/h2-5,12-13H,6-10H2,1H3,(H,19,20). The molecule has 1 heterocycles. The molecule has 1 aromatic rings. The van der Waals surface area contributed by atoms with Crippen LogP contribution in [0.15, 0.2) is 24.3 Å². The number of carboxylic acid groups (broad SMARTS) is 1. The molecular weight excluding hydrogens is 252 g/mol. The third-order valence-corrected chi connectivity index (χ3v) is 4.18. The Kier molecular flexibility index (Phi) is 4.75. The van der Waals surface area contributed by atoms with Gasteiger partial charge >= 0.3 is 5.97 Å². The molecule has 0 radical (unpaired) electrons. The molecule has 0 aromatic heterocycles. The molecule has 1 fully saturated rings. The van der Waals surface area contributed by atoms with Gasteiger partial charge in [0.15, 0.2) is 0 Å². The van der Waals surface area contributed by atoms with Crippen molar-refractivity contribution in [2.75, 3.05) is 13.1 Å². The SMILES string of the molecule is CC(c1ccc(C#N)cc1)N1CCC(CC(=O)O)CC1. The highest BCUT2D eigenvalue weighted by Crippen LogP contribution is 2.28. The van der Waals surface area contributed by atoms with E-state index < -0.39 is 5.97 Å². The Labute approximate surface area is 119 Å². The van der Waals surface area contributed by atoms with Crippen LogP contribution in [0.25, 0.3) is 0 Å². The minimum absolute atomic E-state index is 0.291. The first kappa shape index (κ1) is 14.5. The van der Waals surface area contributed by atoms with E-state index in [9.17, 15) is 4.79 Å². The van der Waals surface area contributed by atoms with Gasteiger partial charge in [0.05, 0.1) is 11.6 Å². The average molecular weight is 272 g/mol. The van der Waals surface area contributed by atoms with E-state index >= 15 is 0 Å². The van der Waals surface area contributed by atoms with E-state index in [1.54, 1.807) is 0 Å². The molecule has 0 bridgehead atoms. The van der Waals surface area contributed by atoms with E-state index in [1.165, 1.54) is 5.56 Å². The van der Waals surface area contributed by atoms with Gasteiger partial charge in [-0.05, 0) is 56.5 Å². The van der Waals surface area contributed by atoms with Crippen LogP contribution in [-0.2, 0) is 4.79 Å². The molecule has 0 saturated carbocycles. The molecular formula is C16H20N2O2. The van der Waals surface area contributed by atoms with E-state index in [4.69, 9.17) is 10.4 Å².